The van der Waals surface area contributed by atoms with Gasteiger partial charge in [0.2, 0.25) is 0 Å². The van der Waals surface area contributed by atoms with Crippen LogP contribution in [0.25, 0.3) is 0 Å². The molecule has 7 nitrogen and oxygen atoms in total. The molecule has 2 N–H and O–H groups in total. The second-order valence-corrected chi connectivity index (χ2v) is 7.50. The number of halogens is 2. The Balaban J connectivity index is 1.80. The Labute approximate surface area is 173 Å². The SMILES string of the molecule is CNC(=O)c1ccc(NCC2CCN(C)C2c2ccc(Cl)c(F)c2)c([N+](=O)[O-])c1. The number of likely N-dealkylation sites (tertiary alicyclic amines) is 1. The van der Waals surface area contributed by atoms with Gasteiger partial charge in [0.05, 0.1) is 9.95 Å². The molecule has 9 heteroatoms. The summed E-state index contributed by atoms with van der Waals surface area (Å²) in [6, 6.07) is 9.12. The molecule has 0 aliphatic carbocycles. The van der Waals surface area contributed by atoms with Crippen molar-refractivity contribution in [1.29, 1.82) is 0 Å². The molecule has 0 bridgehead atoms. The van der Waals surface area contributed by atoms with Crippen LogP contribution in [-0.2, 0) is 0 Å². The van der Waals surface area contributed by atoms with E-state index in [1.165, 1.54) is 19.2 Å². The van der Waals surface area contributed by atoms with E-state index in [2.05, 4.69) is 15.5 Å². The fourth-order valence-corrected chi connectivity index (χ4v) is 3.94. The zero-order chi connectivity index (χ0) is 21.1. The molecule has 0 spiro atoms. The summed E-state index contributed by atoms with van der Waals surface area (Å²) in [5.41, 5.74) is 1.23. The molecule has 1 fully saturated rings. The number of hydrogen-bond donors (Lipinski definition) is 2. The minimum atomic E-state index is -0.512. The predicted octanol–water partition coefficient (Wildman–Crippen LogP) is 3.85. The Morgan fingerprint density at radius 1 is 1.34 bits per heavy atom. The van der Waals surface area contributed by atoms with Gasteiger partial charge < -0.3 is 10.6 Å². The lowest BCUT2D eigenvalue weighted by atomic mass is 9.93. The van der Waals surface area contributed by atoms with Crippen molar-refractivity contribution in [1.82, 2.24) is 10.2 Å². The number of nitro benzene ring substituents is 1. The zero-order valence-electron chi connectivity index (χ0n) is 16.1. The number of rotatable bonds is 6. The number of nitrogens with zero attached hydrogens (tertiary/aromatic N) is 2. The predicted molar refractivity (Wildman–Crippen MR) is 110 cm³/mol. The van der Waals surface area contributed by atoms with E-state index in [-0.39, 0.29) is 34.1 Å². The van der Waals surface area contributed by atoms with Crippen LogP contribution in [-0.4, -0.2) is 42.9 Å². The molecule has 2 atom stereocenters. The number of benzene rings is 2. The second kappa shape index (κ2) is 8.75. The zero-order valence-corrected chi connectivity index (χ0v) is 16.9. The molecular formula is C20H22ClFN4O3. The fraction of sp³-hybridized carbons (Fsp3) is 0.350. The van der Waals surface area contributed by atoms with Crippen molar-refractivity contribution in [3.05, 3.63) is 68.5 Å². The van der Waals surface area contributed by atoms with Crippen LogP contribution in [0.4, 0.5) is 15.8 Å². The highest BCUT2D eigenvalue weighted by Crippen LogP contribution is 2.37. The summed E-state index contributed by atoms with van der Waals surface area (Å²) in [5, 5.41) is 17.1. The lowest BCUT2D eigenvalue weighted by Crippen LogP contribution is -2.25. The minimum Gasteiger partial charge on any atom is -0.379 e. The van der Waals surface area contributed by atoms with Crippen molar-refractivity contribution in [3.8, 4) is 0 Å². The summed E-state index contributed by atoms with van der Waals surface area (Å²) >= 11 is 5.80. The normalized spacial score (nSPS) is 19.2. The lowest BCUT2D eigenvalue weighted by molar-refractivity contribution is -0.384. The Morgan fingerprint density at radius 3 is 2.76 bits per heavy atom. The Morgan fingerprint density at radius 2 is 2.10 bits per heavy atom. The van der Waals surface area contributed by atoms with Gasteiger partial charge in [-0.25, -0.2) is 4.39 Å². The van der Waals surface area contributed by atoms with E-state index in [0.717, 1.165) is 18.5 Å². The van der Waals surface area contributed by atoms with Crippen LogP contribution in [0.15, 0.2) is 36.4 Å². The van der Waals surface area contributed by atoms with Gasteiger partial charge in [-0.15, -0.1) is 0 Å². The van der Waals surface area contributed by atoms with Crippen molar-refractivity contribution in [3.63, 3.8) is 0 Å². The lowest BCUT2D eigenvalue weighted by Gasteiger charge is -2.26. The van der Waals surface area contributed by atoms with Gasteiger partial charge in [-0.2, -0.15) is 0 Å². The van der Waals surface area contributed by atoms with Crippen LogP contribution in [0.5, 0.6) is 0 Å². The van der Waals surface area contributed by atoms with E-state index >= 15 is 0 Å². The molecule has 0 saturated carbocycles. The molecule has 154 valence electrons. The van der Waals surface area contributed by atoms with E-state index in [9.17, 15) is 19.3 Å². The monoisotopic (exact) mass is 420 g/mol. The third-order valence-electron chi connectivity index (χ3n) is 5.30. The van der Waals surface area contributed by atoms with Gasteiger partial charge in [0.15, 0.2) is 0 Å². The first-order chi connectivity index (χ1) is 13.8. The highest BCUT2D eigenvalue weighted by atomic mass is 35.5. The summed E-state index contributed by atoms with van der Waals surface area (Å²) in [6.07, 6.45) is 0.864. The molecule has 0 aromatic heterocycles. The van der Waals surface area contributed by atoms with Gasteiger partial charge >= 0.3 is 0 Å². The highest BCUT2D eigenvalue weighted by Gasteiger charge is 2.33. The Kier molecular flexibility index (Phi) is 6.34. The molecule has 1 saturated heterocycles. The number of carbonyl (C=O) groups is 1. The molecule has 0 radical (unpaired) electrons. The number of hydrogen-bond acceptors (Lipinski definition) is 5. The quantitative estimate of drug-likeness (QED) is 0.547. The Bertz CT molecular complexity index is 940. The van der Waals surface area contributed by atoms with E-state index in [1.807, 2.05) is 13.1 Å². The number of anilines is 1. The van der Waals surface area contributed by atoms with Gasteiger partial charge in [-0.3, -0.25) is 19.8 Å². The van der Waals surface area contributed by atoms with Crippen LogP contribution in [0.2, 0.25) is 5.02 Å². The molecular weight excluding hydrogens is 399 g/mol. The maximum Gasteiger partial charge on any atom is 0.293 e. The first-order valence-electron chi connectivity index (χ1n) is 9.21. The molecule has 1 aliphatic heterocycles. The van der Waals surface area contributed by atoms with Crippen LogP contribution in [0.1, 0.15) is 28.4 Å². The van der Waals surface area contributed by atoms with Gasteiger partial charge in [0.25, 0.3) is 11.6 Å². The van der Waals surface area contributed by atoms with Crippen LogP contribution in [0, 0.1) is 21.8 Å². The van der Waals surface area contributed by atoms with Crippen LogP contribution < -0.4 is 10.6 Å². The molecule has 3 rings (SSSR count). The van der Waals surface area contributed by atoms with E-state index < -0.39 is 10.7 Å². The molecule has 2 unspecified atom stereocenters. The average Bonchev–Trinajstić information content (AvgIpc) is 3.08. The summed E-state index contributed by atoms with van der Waals surface area (Å²) in [4.78, 5) is 24.8. The van der Waals surface area contributed by atoms with E-state index in [4.69, 9.17) is 11.6 Å². The van der Waals surface area contributed by atoms with E-state index in [0.29, 0.717) is 12.2 Å². The fourth-order valence-electron chi connectivity index (χ4n) is 3.82. The molecule has 29 heavy (non-hydrogen) atoms. The van der Waals surface area contributed by atoms with Crippen molar-refractivity contribution >= 4 is 28.9 Å². The largest absolute Gasteiger partial charge is 0.379 e. The molecule has 2 aromatic carbocycles. The van der Waals surface area contributed by atoms with Crippen molar-refractivity contribution in [2.45, 2.75) is 12.5 Å². The third kappa shape index (κ3) is 4.49. The minimum absolute atomic E-state index is 0.0292. The summed E-state index contributed by atoms with van der Waals surface area (Å²) in [6.45, 7) is 1.30. The number of carbonyl (C=O) groups excluding carboxylic acids is 1. The maximum atomic E-state index is 13.9. The molecule has 1 aliphatic rings. The second-order valence-electron chi connectivity index (χ2n) is 7.10. The summed E-state index contributed by atoms with van der Waals surface area (Å²) in [5.74, 6) is -0.725. The molecule has 2 aromatic rings. The van der Waals surface area contributed by atoms with Crippen molar-refractivity contribution < 1.29 is 14.1 Å². The van der Waals surface area contributed by atoms with E-state index in [1.54, 1.807) is 18.2 Å². The van der Waals surface area contributed by atoms with Gasteiger partial charge in [0, 0.05) is 31.3 Å². The van der Waals surface area contributed by atoms with Crippen LogP contribution in [0.3, 0.4) is 0 Å². The standard InChI is InChI=1S/C20H22ClFN4O3/c1-23-20(27)13-4-6-17(18(10-13)26(28)29)24-11-14-7-8-25(2)19(14)12-3-5-15(21)16(22)9-12/h3-6,9-10,14,19,24H,7-8,11H2,1-2H3,(H,23,27). The van der Waals surface area contributed by atoms with Gasteiger partial charge in [-0.05, 0) is 55.8 Å². The first kappa shape index (κ1) is 21.0. The summed E-state index contributed by atoms with van der Waals surface area (Å²) in [7, 11) is 3.44. The number of nitrogens with one attached hydrogen (secondary N) is 2. The van der Waals surface area contributed by atoms with Gasteiger partial charge in [0.1, 0.15) is 11.5 Å². The summed E-state index contributed by atoms with van der Waals surface area (Å²) < 4.78 is 13.9. The first-order valence-corrected chi connectivity index (χ1v) is 9.59. The number of amides is 1. The third-order valence-corrected chi connectivity index (χ3v) is 5.60. The molecule has 1 amide bonds. The average molecular weight is 421 g/mol. The Hall–Kier alpha value is -2.71. The maximum absolute atomic E-state index is 13.9. The molecule has 1 heterocycles. The van der Waals surface area contributed by atoms with Crippen molar-refractivity contribution in [2.24, 2.45) is 5.92 Å². The van der Waals surface area contributed by atoms with Crippen molar-refractivity contribution in [2.75, 3.05) is 32.5 Å². The van der Waals surface area contributed by atoms with Crippen LogP contribution >= 0.6 is 11.6 Å². The number of nitro groups is 1. The highest BCUT2D eigenvalue weighted by molar-refractivity contribution is 6.30. The topological polar surface area (TPSA) is 87.5 Å². The smallest absolute Gasteiger partial charge is 0.293 e. The van der Waals surface area contributed by atoms with Gasteiger partial charge in [-0.1, -0.05) is 17.7 Å².